The van der Waals surface area contributed by atoms with Gasteiger partial charge in [-0.2, -0.15) is 0 Å². The van der Waals surface area contributed by atoms with Crippen molar-refractivity contribution in [2.24, 2.45) is 0 Å². The van der Waals surface area contributed by atoms with E-state index in [1.807, 2.05) is 55.5 Å². The molecule has 1 heterocycles. The number of methoxy groups -OCH3 is 4. The predicted octanol–water partition coefficient (Wildman–Crippen LogP) is 7.84. The van der Waals surface area contributed by atoms with Gasteiger partial charge in [-0.1, -0.05) is 24.9 Å². The zero-order valence-corrected chi connectivity index (χ0v) is 28.5. The van der Waals surface area contributed by atoms with Gasteiger partial charge in [-0.3, -0.25) is 5.21 Å². The van der Waals surface area contributed by atoms with Gasteiger partial charge in [0.05, 0.1) is 53.8 Å². The van der Waals surface area contributed by atoms with Crippen molar-refractivity contribution in [2.75, 3.05) is 47.3 Å². The summed E-state index contributed by atoms with van der Waals surface area (Å²) in [6, 6.07) is 14.8. The Morgan fingerprint density at radius 2 is 1.52 bits per heavy atom. The zero-order chi connectivity index (χ0) is 33.1. The molecule has 0 saturated carbocycles. The Morgan fingerprint density at radius 3 is 2.09 bits per heavy atom. The fourth-order valence-corrected chi connectivity index (χ4v) is 6.09. The minimum absolute atomic E-state index is 0.120. The Hall–Kier alpha value is -3.51. The van der Waals surface area contributed by atoms with Crippen LogP contribution in [0.4, 0.5) is 4.79 Å². The zero-order valence-electron chi connectivity index (χ0n) is 27.0. The second-order valence-electron chi connectivity index (χ2n) is 10.6. The topological polar surface area (TPSA) is 108 Å². The van der Waals surface area contributed by atoms with Crippen LogP contribution >= 0.6 is 23.4 Å². The van der Waals surface area contributed by atoms with E-state index in [-0.39, 0.29) is 25.3 Å². The van der Waals surface area contributed by atoms with Crippen LogP contribution in [0, 0.1) is 0 Å². The van der Waals surface area contributed by atoms with Crippen LogP contribution in [0.1, 0.15) is 61.5 Å². The molecule has 3 aromatic carbocycles. The second-order valence-corrected chi connectivity index (χ2v) is 12.3. The summed E-state index contributed by atoms with van der Waals surface area (Å²) in [6.45, 7) is 2.76. The minimum atomic E-state index is -0.582. The Kier molecular flexibility index (Phi) is 13.4. The van der Waals surface area contributed by atoms with E-state index in [2.05, 4.69) is 5.32 Å². The lowest BCUT2D eigenvalue weighted by molar-refractivity contribution is -0.0439. The van der Waals surface area contributed by atoms with Crippen molar-refractivity contribution in [3.8, 4) is 28.7 Å². The summed E-state index contributed by atoms with van der Waals surface area (Å²) in [5, 5.41) is 14.4. The van der Waals surface area contributed by atoms with Gasteiger partial charge in [-0.15, -0.1) is 11.8 Å². The maximum Gasteiger partial charge on any atom is 0.341 e. The molecule has 2 N–H and O–H groups in total. The van der Waals surface area contributed by atoms with E-state index in [9.17, 15) is 10.0 Å². The minimum Gasteiger partial charge on any atom is -0.493 e. The summed E-state index contributed by atoms with van der Waals surface area (Å²) in [7, 11) is 6.34. The molecule has 4 rings (SSSR count). The number of urea groups is 1. The SMILES string of the molecule is CCCCN(O)C(=O)NCc1cc([C@@H]2CC[C@@H](c3cc(OC)c(OC)c(OC)c3)O2)cc(OC)c1OCCSc1ccc(Cl)cc1. The van der Waals surface area contributed by atoms with E-state index < -0.39 is 6.03 Å². The molecule has 0 spiro atoms. The summed E-state index contributed by atoms with van der Waals surface area (Å²) in [4.78, 5) is 13.7. The molecule has 250 valence electrons. The van der Waals surface area contributed by atoms with Crippen molar-refractivity contribution in [1.82, 2.24) is 10.4 Å². The van der Waals surface area contributed by atoms with Crippen LogP contribution in [0.25, 0.3) is 0 Å². The van der Waals surface area contributed by atoms with Crippen LogP contribution in [0.15, 0.2) is 53.4 Å². The monoisotopic (exact) mass is 674 g/mol. The number of hydrogen-bond donors (Lipinski definition) is 2. The fraction of sp³-hybridized carbons (Fsp3) is 0.441. The molecule has 46 heavy (non-hydrogen) atoms. The standard InChI is InChI=1S/C34H43ClN2O8S/c1-6-7-14-37(39)34(38)36-21-24-17-22(18-29(40-2)32(24)44-15-16-46-26-10-8-25(35)9-11-26)27-12-13-28(45-27)23-19-30(41-3)33(43-5)31(20-23)42-4/h8-11,17-20,27-28,39H,6-7,12-16,21H2,1-5H3,(H,36,38)/t27-,28-/m0/s1. The van der Waals surface area contributed by atoms with E-state index in [0.717, 1.165) is 35.3 Å². The third kappa shape index (κ3) is 9.06. The van der Waals surface area contributed by atoms with Crippen LogP contribution in [-0.2, 0) is 11.3 Å². The number of carbonyl (C=O) groups is 1. The average Bonchev–Trinajstić information content (AvgIpc) is 3.58. The van der Waals surface area contributed by atoms with E-state index in [0.29, 0.717) is 63.2 Å². The van der Waals surface area contributed by atoms with Gasteiger partial charge in [-0.25, -0.2) is 9.86 Å². The summed E-state index contributed by atoms with van der Waals surface area (Å²) in [6.07, 6.45) is 2.65. The van der Waals surface area contributed by atoms with E-state index in [1.54, 1.807) is 40.2 Å². The highest BCUT2D eigenvalue weighted by molar-refractivity contribution is 7.99. The van der Waals surface area contributed by atoms with Gasteiger partial charge < -0.3 is 33.7 Å². The van der Waals surface area contributed by atoms with Crippen LogP contribution in [0.2, 0.25) is 5.02 Å². The van der Waals surface area contributed by atoms with Crippen molar-refractivity contribution < 1.29 is 38.4 Å². The van der Waals surface area contributed by atoms with Crippen molar-refractivity contribution in [1.29, 1.82) is 0 Å². The Labute approximate surface area is 280 Å². The lowest BCUT2D eigenvalue weighted by Crippen LogP contribution is -2.37. The van der Waals surface area contributed by atoms with Gasteiger partial charge in [0.15, 0.2) is 23.0 Å². The van der Waals surface area contributed by atoms with Crippen molar-refractivity contribution in [2.45, 2.75) is 56.3 Å². The largest absolute Gasteiger partial charge is 0.493 e. The maximum atomic E-state index is 12.6. The van der Waals surface area contributed by atoms with E-state index in [1.165, 1.54) is 0 Å². The predicted molar refractivity (Wildman–Crippen MR) is 178 cm³/mol. The normalized spacial score (nSPS) is 15.7. The number of benzene rings is 3. The van der Waals surface area contributed by atoms with Crippen molar-refractivity contribution in [3.63, 3.8) is 0 Å². The van der Waals surface area contributed by atoms with Crippen molar-refractivity contribution in [3.05, 3.63) is 70.2 Å². The third-order valence-electron chi connectivity index (χ3n) is 7.62. The number of ether oxygens (including phenoxy) is 6. The van der Waals surface area contributed by atoms with Gasteiger partial charge in [0.1, 0.15) is 0 Å². The molecular weight excluding hydrogens is 632 g/mol. The Bertz CT molecular complexity index is 1420. The first-order valence-corrected chi connectivity index (χ1v) is 16.6. The molecule has 2 atom stereocenters. The summed E-state index contributed by atoms with van der Waals surface area (Å²) < 4.78 is 35.2. The molecule has 2 amide bonds. The quantitative estimate of drug-likeness (QED) is 0.0680. The molecule has 1 aliphatic heterocycles. The van der Waals surface area contributed by atoms with Gasteiger partial charge >= 0.3 is 6.03 Å². The number of nitrogens with zero attached hydrogens (tertiary/aromatic N) is 1. The van der Waals surface area contributed by atoms with Gasteiger partial charge in [-0.05, 0) is 78.9 Å². The molecule has 12 heteroatoms. The Morgan fingerprint density at radius 1 is 0.935 bits per heavy atom. The number of hydroxylamine groups is 2. The van der Waals surface area contributed by atoms with Crippen LogP contribution < -0.4 is 29.0 Å². The molecule has 1 fully saturated rings. The molecule has 0 aliphatic carbocycles. The summed E-state index contributed by atoms with van der Waals surface area (Å²) >= 11 is 7.66. The van der Waals surface area contributed by atoms with Gasteiger partial charge in [0, 0.05) is 27.8 Å². The molecule has 10 nitrogen and oxygen atoms in total. The second kappa shape index (κ2) is 17.4. The first-order valence-electron chi connectivity index (χ1n) is 15.2. The molecular formula is C34H43ClN2O8S. The lowest BCUT2D eigenvalue weighted by atomic mass is 10.0. The summed E-state index contributed by atoms with van der Waals surface area (Å²) in [5.74, 6) is 3.40. The third-order valence-corrected chi connectivity index (χ3v) is 8.85. The van der Waals surface area contributed by atoms with E-state index >= 15 is 0 Å². The Balaban J connectivity index is 1.55. The first-order chi connectivity index (χ1) is 22.3. The average molecular weight is 675 g/mol. The highest BCUT2D eigenvalue weighted by Crippen LogP contribution is 2.47. The van der Waals surface area contributed by atoms with Crippen molar-refractivity contribution >= 4 is 29.4 Å². The molecule has 0 aromatic heterocycles. The number of amides is 2. The molecule has 1 aliphatic rings. The fourth-order valence-electron chi connectivity index (χ4n) is 5.24. The molecule has 0 unspecified atom stereocenters. The number of halogens is 1. The smallest absolute Gasteiger partial charge is 0.341 e. The molecule has 0 bridgehead atoms. The van der Waals surface area contributed by atoms with Crippen LogP contribution in [-0.4, -0.2) is 63.6 Å². The number of thioether (sulfide) groups is 1. The highest BCUT2D eigenvalue weighted by Gasteiger charge is 2.31. The van der Waals surface area contributed by atoms with Gasteiger partial charge in [0.2, 0.25) is 5.75 Å². The molecule has 1 saturated heterocycles. The number of rotatable bonds is 16. The molecule has 3 aromatic rings. The lowest BCUT2D eigenvalue weighted by Gasteiger charge is -2.21. The molecule has 0 radical (unpaired) electrons. The number of nitrogens with one attached hydrogen (secondary N) is 1. The van der Waals surface area contributed by atoms with Crippen LogP contribution in [0.5, 0.6) is 28.7 Å². The number of carbonyl (C=O) groups excluding carboxylic acids is 1. The number of unbranched alkanes of at least 4 members (excludes halogenated alkanes) is 1. The maximum absolute atomic E-state index is 12.6. The first kappa shape index (κ1) is 35.3. The highest BCUT2D eigenvalue weighted by atomic mass is 35.5. The van der Waals surface area contributed by atoms with E-state index in [4.69, 9.17) is 40.0 Å². The summed E-state index contributed by atoms with van der Waals surface area (Å²) in [5.41, 5.74) is 2.53. The van der Waals surface area contributed by atoms with Crippen LogP contribution in [0.3, 0.4) is 0 Å². The van der Waals surface area contributed by atoms with Gasteiger partial charge in [0.25, 0.3) is 0 Å². The number of hydrogen-bond acceptors (Lipinski definition) is 9.